The van der Waals surface area contributed by atoms with Crippen LogP contribution in [0.5, 0.6) is 17.2 Å². The van der Waals surface area contributed by atoms with E-state index >= 15 is 0 Å². The molecule has 0 unspecified atom stereocenters. The molecule has 6 nitrogen and oxygen atoms in total. The Balaban J connectivity index is 0.00000242. The number of nitrogens with zero attached hydrogens (tertiary/aromatic N) is 1. The van der Waals surface area contributed by atoms with Crippen molar-refractivity contribution in [2.24, 2.45) is 0 Å². The quantitative estimate of drug-likeness (QED) is 0.726. The summed E-state index contributed by atoms with van der Waals surface area (Å²) in [4.78, 5) is 2.26. The van der Waals surface area contributed by atoms with Gasteiger partial charge in [-0.3, -0.25) is 4.90 Å². The van der Waals surface area contributed by atoms with Gasteiger partial charge in [0.1, 0.15) is 17.2 Å². The van der Waals surface area contributed by atoms with E-state index in [-0.39, 0.29) is 30.8 Å². The molecule has 1 aromatic rings. The lowest BCUT2D eigenvalue weighted by Crippen LogP contribution is -2.45. The van der Waals surface area contributed by atoms with Crippen molar-refractivity contribution in [3.8, 4) is 17.2 Å². The first-order chi connectivity index (χ1) is 10.2. The molecular formula is C15H25ClN2O4. The molecule has 0 spiro atoms. The van der Waals surface area contributed by atoms with Crippen molar-refractivity contribution < 1.29 is 19.7 Å². The number of benzene rings is 1. The molecule has 3 N–H and O–H groups in total. The highest BCUT2D eigenvalue weighted by Gasteiger charge is 2.27. The molecule has 1 fully saturated rings. The summed E-state index contributed by atoms with van der Waals surface area (Å²) in [5.41, 5.74) is 0.717. The Hall–Kier alpha value is -1.21. The van der Waals surface area contributed by atoms with E-state index in [0.29, 0.717) is 23.5 Å². The first kappa shape index (κ1) is 18.8. The fraction of sp³-hybridized carbons (Fsp3) is 0.600. The number of rotatable bonds is 6. The van der Waals surface area contributed by atoms with Gasteiger partial charge in [-0.05, 0) is 6.42 Å². The summed E-state index contributed by atoms with van der Waals surface area (Å²) >= 11 is 0. The Morgan fingerprint density at radius 2 is 1.91 bits per heavy atom. The molecule has 0 aliphatic carbocycles. The van der Waals surface area contributed by atoms with Gasteiger partial charge in [-0.2, -0.15) is 0 Å². The van der Waals surface area contributed by atoms with Crippen molar-refractivity contribution >= 4 is 12.4 Å². The van der Waals surface area contributed by atoms with Crippen molar-refractivity contribution in [2.45, 2.75) is 12.5 Å². The van der Waals surface area contributed by atoms with Gasteiger partial charge in [0.05, 0.1) is 19.8 Å². The Kier molecular flexibility index (Phi) is 7.75. The number of phenolic OH excluding ortho intramolecular Hbond substituents is 1. The second kappa shape index (κ2) is 9.05. The third-order valence-corrected chi connectivity index (χ3v) is 3.88. The number of halogens is 1. The molecule has 1 aliphatic rings. The van der Waals surface area contributed by atoms with Crippen LogP contribution in [0.3, 0.4) is 0 Å². The van der Waals surface area contributed by atoms with Crippen LogP contribution in [0.4, 0.5) is 0 Å². The van der Waals surface area contributed by atoms with E-state index in [1.54, 1.807) is 26.4 Å². The number of aromatic hydroxyl groups is 1. The van der Waals surface area contributed by atoms with E-state index in [1.165, 1.54) is 0 Å². The molecule has 7 heteroatoms. The molecule has 1 saturated heterocycles. The zero-order chi connectivity index (χ0) is 15.2. The number of ether oxygens (including phenoxy) is 2. The number of hydrogen-bond donors (Lipinski definition) is 3. The van der Waals surface area contributed by atoms with Crippen LogP contribution in [-0.2, 0) is 0 Å². The van der Waals surface area contributed by atoms with E-state index in [9.17, 15) is 10.2 Å². The third kappa shape index (κ3) is 4.16. The summed E-state index contributed by atoms with van der Waals surface area (Å²) in [5, 5.41) is 23.1. The van der Waals surface area contributed by atoms with Gasteiger partial charge in [0.2, 0.25) is 0 Å². The zero-order valence-corrected chi connectivity index (χ0v) is 13.9. The first-order valence-corrected chi connectivity index (χ1v) is 7.21. The van der Waals surface area contributed by atoms with E-state index in [4.69, 9.17) is 9.47 Å². The van der Waals surface area contributed by atoms with Gasteiger partial charge in [0.15, 0.2) is 0 Å². The molecule has 1 heterocycles. The predicted molar refractivity (Wildman–Crippen MR) is 87.3 cm³/mol. The zero-order valence-electron chi connectivity index (χ0n) is 13.0. The van der Waals surface area contributed by atoms with Crippen molar-refractivity contribution in [1.82, 2.24) is 10.2 Å². The van der Waals surface area contributed by atoms with Crippen molar-refractivity contribution in [3.05, 3.63) is 17.7 Å². The second-order valence-electron chi connectivity index (χ2n) is 5.08. The smallest absolute Gasteiger partial charge is 0.131 e. The molecule has 0 aromatic heterocycles. The average molecular weight is 333 g/mol. The lowest BCUT2D eigenvalue weighted by Gasteiger charge is -2.35. The minimum absolute atomic E-state index is 0. The van der Waals surface area contributed by atoms with Crippen LogP contribution in [0.25, 0.3) is 0 Å². The van der Waals surface area contributed by atoms with Gasteiger partial charge >= 0.3 is 0 Å². The number of phenols is 1. The number of aliphatic hydroxyl groups is 1. The predicted octanol–water partition coefficient (Wildman–Crippen LogP) is 1.16. The topological polar surface area (TPSA) is 74.2 Å². The fourth-order valence-electron chi connectivity index (χ4n) is 2.83. The summed E-state index contributed by atoms with van der Waals surface area (Å²) < 4.78 is 10.6. The largest absolute Gasteiger partial charge is 0.507 e. The summed E-state index contributed by atoms with van der Waals surface area (Å²) in [6, 6.07) is 3.28. The summed E-state index contributed by atoms with van der Waals surface area (Å²) in [6.07, 6.45) is 0.552. The molecule has 0 radical (unpaired) electrons. The lowest BCUT2D eigenvalue weighted by atomic mass is 9.98. The summed E-state index contributed by atoms with van der Waals surface area (Å²) in [7, 11) is 3.13. The molecule has 1 atom stereocenters. The van der Waals surface area contributed by atoms with Crippen molar-refractivity contribution in [1.29, 1.82) is 0 Å². The molecule has 0 amide bonds. The third-order valence-electron chi connectivity index (χ3n) is 3.88. The SMILES string of the molecule is COc1cc(O)c([C@H](CCO)N2CCNCC2)c(OC)c1.Cl. The summed E-state index contributed by atoms with van der Waals surface area (Å²) in [5.74, 6) is 1.28. The normalized spacial score (nSPS) is 16.7. The lowest BCUT2D eigenvalue weighted by molar-refractivity contribution is 0.136. The van der Waals surface area contributed by atoms with Crippen LogP contribution >= 0.6 is 12.4 Å². The minimum atomic E-state index is -0.0713. The van der Waals surface area contributed by atoms with Crippen LogP contribution in [0.1, 0.15) is 18.0 Å². The van der Waals surface area contributed by atoms with Gasteiger partial charge in [-0.1, -0.05) is 0 Å². The van der Waals surface area contributed by atoms with Crippen LogP contribution in [0.15, 0.2) is 12.1 Å². The maximum Gasteiger partial charge on any atom is 0.131 e. The number of nitrogens with one attached hydrogen (secondary N) is 1. The molecule has 22 heavy (non-hydrogen) atoms. The van der Waals surface area contributed by atoms with Gasteiger partial charge in [0.25, 0.3) is 0 Å². The maximum absolute atomic E-state index is 10.4. The molecule has 0 bridgehead atoms. The number of aliphatic hydroxyl groups excluding tert-OH is 1. The van der Waals surface area contributed by atoms with Gasteiger partial charge in [-0.15, -0.1) is 12.4 Å². The standard InChI is InChI=1S/C15H24N2O4.ClH/c1-20-11-9-13(19)15(14(10-11)21-2)12(3-8-18)17-6-4-16-5-7-17;/h9-10,12,16,18-19H,3-8H2,1-2H3;1H/t12-;/m0./s1. The maximum atomic E-state index is 10.4. The second-order valence-corrected chi connectivity index (χ2v) is 5.08. The van der Waals surface area contributed by atoms with Crippen LogP contribution in [0.2, 0.25) is 0 Å². The number of methoxy groups -OCH3 is 2. The highest BCUT2D eigenvalue weighted by molar-refractivity contribution is 5.85. The Bertz CT molecular complexity index is 467. The van der Waals surface area contributed by atoms with Gasteiger partial charge < -0.3 is 25.0 Å². The average Bonchev–Trinajstić information content (AvgIpc) is 2.53. The van der Waals surface area contributed by atoms with E-state index < -0.39 is 0 Å². The molecule has 1 aliphatic heterocycles. The van der Waals surface area contributed by atoms with Crippen LogP contribution in [-0.4, -0.2) is 62.1 Å². The Labute approximate surface area is 137 Å². The summed E-state index contributed by atoms with van der Waals surface area (Å²) in [6.45, 7) is 3.62. The molecule has 0 saturated carbocycles. The monoisotopic (exact) mass is 332 g/mol. The van der Waals surface area contributed by atoms with Crippen molar-refractivity contribution in [3.63, 3.8) is 0 Å². The van der Waals surface area contributed by atoms with Crippen molar-refractivity contribution in [2.75, 3.05) is 47.0 Å². The minimum Gasteiger partial charge on any atom is -0.507 e. The van der Waals surface area contributed by atoms with E-state index in [0.717, 1.165) is 26.2 Å². The van der Waals surface area contributed by atoms with E-state index in [2.05, 4.69) is 10.2 Å². The van der Waals surface area contributed by atoms with Crippen LogP contribution in [0, 0.1) is 0 Å². The number of piperazine rings is 1. The number of hydrogen-bond acceptors (Lipinski definition) is 6. The highest BCUT2D eigenvalue weighted by atomic mass is 35.5. The Morgan fingerprint density at radius 1 is 1.23 bits per heavy atom. The Morgan fingerprint density at radius 3 is 2.45 bits per heavy atom. The van der Waals surface area contributed by atoms with E-state index in [1.807, 2.05) is 0 Å². The molecule has 126 valence electrons. The molecule has 2 rings (SSSR count). The van der Waals surface area contributed by atoms with Crippen LogP contribution < -0.4 is 14.8 Å². The molecule has 1 aromatic carbocycles. The fourth-order valence-corrected chi connectivity index (χ4v) is 2.83. The first-order valence-electron chi connectivity index (χ1n) is 7.21. The van der Waals surface area contributed by atoms with Gasteiger partial charge in [0, 0.05) is 51.0 Å². The van der Waals surface area contributed by atoms with Gasteiger partial charge in [-0.25, -0.2) is 0 Å². The highest BCUT2D eigenvalue weighted by Crippen LogP contribution is 2.41. The molecular weight excluding hydrogens is 308 g/mol.